The molecule has 2 aromatic carbocycles. The number of ether oxygens (including phenoxy) is 1. The summed E-state index contributed by atoms with van der Waals surface area (Å²) in [5.74, 6) is -0.0993. The monoisotopic (exact) mass is 451 g/mol. The molecule has 1 fully saturated rings. The number of rotatable bonds is 7. The molecule has 30 heavy (non-hydrogen) atoms. The summed E-state index contributed by atoms with van der Waals surface area (Å²) in [6.45, 7) is 2.59. The standard InChI is InChI=1S/C21H26ClN3O4S/c1-23-30(27,28)20-13-16(5-8-19(20)29-2)21(26)24-18-9-11-25(12-10-18)14-15-3-6-17(22)7-4-15/h3-8,13,18,23H,9-12,14H2,1-2H3,(H,24,26). The Bertz CT molecular complexity index is 988. The van der Waals surface area contributed by atoms with Crippen molar-refractivity contribution >= 4 is 27.5 Å². The molecule has 3 rings (SSSR count). The van der Waals surface area contributed by atoms with Crippen LogP contribution in [0.1, 0.15) is 28.8 Å². The molecular weight excluding hydrogens is 426 g/mol. The van der Waals surface area contributed by atoms with Gasteiger partial charge in [-0.15, -0.1) is 0 Å². The van der Waals surface area contributed by atoms with Crippen molar-refractivity contribution in [1.82, 2.24) is 14.9 Å². The van der Waals surface area contributed by atoms with E-state index in [0.717, 1.165) is 37.5 Å². The number of carbonyl (C=O) groups excluding carboxylic acids is 1. The van der Waals surface area contributed by atoms with Crippen molar-refractivity contribution < 1.29 is 17.9 Å². The van der Waals surface area contributed by atoms with Crippen molar-refractivity contribution in [3.8, 4) is 5.75 Å². The third kappa shape index (κ3) is 5.51. The van der Waals surface area contributed by atoms with Gasteiger partial charge in [0.2, 0.25) is 10.0 Å². The van der Waals surface area contributed by atoms with Crippen molar-refractivity contribution in [2.24, 2.45) is 0 Å². The van der Waals surface area contributed by atoms with Crippen LogP contribution in [0.2, 0.25) is 5.02 Å². The number of likely N-dealkylation sites (tertiary alicyclic amines) is 1. The van der Waals surface area contributed by atoms with Gasteiger partial charge in [-0.2, -0.15) is 0 Å². The number of amides is 1. The van der Waals surface area contributed by atoms with Crippen LogP contribution in [0.5, 0.6) is 5.75 Å². The molecule has 1 aliphatic heterocycles. The molecule has 2 aromatic rings. The fourth-order valence-corrected chi connectivity index (χ4v) is 4.53. The molecule has 0 atom stereocenters. The second-order valence-corrected chi connectivity index (χ2v) is 9.51. The fourth-order valence-electron chi connectivity index (χ4n) is 3.49. The molecule has 0 aromatic heterocycles. The van der Waals surface area contributed by atoms with E-state index >= 15 is 0 Å². The van der Waals surface area contributed by atoms with Gasteiger partial charge in [-0.25, -0.2) is 13.1 Å². The highest BCUT2D eigenvalue weighted by molar-refractivity contribution is 7.89. The SMILES string of the molecule is CNS(=O)(=O)c1cc(C(=O)NC2CCN(Cc3ccc(Cl)cc3)CC2)ccc1OC. The summed E-state index contributed by atoms with van der Waals surface area (Å²) in [6.07, 6.45) is 1.66. The lowest BCUT2D eigenvalue weighted by Gasteiger charge is -2.32. The summed E-state index contributed by atoms with van der Waals surface area (Å²) in [4.78, 5) is 15.0. The number of benzene rings is 2. The van der Waals surface area contributed by atoms with Gasteiger partial charge >= 0.3 is 0 Å². The molecule has 0 spiro atoms. The second-order valence-electron chi connectivity index (χ2n) is 7.22. The van der Waals surface area contributed by atoms with Crippen molar-refractivity contribution in [2.45, 2.75) is 30.3 Å². The molecule has 0 bridgehead atoms. The summed E-state index contributed by atoms with van der Waals surface area (Å²) in [7, 11) is -1.03. The maximum absolute atomic E-state index is 12.7. The van der Waals surface area contributed by atoms with Gasteiger partial charge in [0.1, 0.15) is 10.6 Å². The summed E-state index contributed by atoms with van der Waals surface area (Å²) in [5.41, 5.74) is 1.49. The number of sulfonamides is 1. The molecule has 0 saturated carbocycles. The van der Waals surface area contributed by atoms with Crippen molar-refractivity contribution in [2.75, 3.05) is 27.2 Å². The highest BCUT2D eigenvalue weighted by Gasteiger charge is 2.23. The zero-order chi connectivity index (χ0) is 21.7. The first kappa shape index (κ1) is 22.6. The van der Waals surface area contributed by atoms with Crippen molar-refractivity contribution in [3.63, 3.8) is 0 Å². The van der Waals surface area contributed by atoms with Gasteiger partial charge in [0, 0.05) is 36.3 Å². The maximum atomic E-state index is 12.7. The highest BCUT2D eigenvalue weighted by atomic mass is 35.5. The van der Waals surface area contributed by atoms with E-state index in [-0.39, 0.29) is 28.2 Å². The molecule has 1 saturated heterocycles. The molecule has 1 heterocycles. The van der Waals surface area contributed by atoms with E-state index in [2.05, 4.69) is 14.9 Å². The molecular formula is C21H26ClN3O4S. The van der Waals surface area contributed by atoms with Gasteiger partial charge in [0.25, 0.3) is 5.91 Å². The van der Waals surface area contributed by atoms with Gasteiger partial charge in [-0.05, 0) is 55.8 Å². The summed E-state index contributed by atoms with van der Waals surface area (Å²) in [6, 6.07) is 12.3. The Labute approximate surface area is 182 Å². The summed E-state index contributed by atoms with van der Waals surface area (Å²) < 4.78 is 31.8. The van der Waals surface area contributed by atoms with Crippen LogP contribution in [0.15, 0.2) is 47.4 Å². The Hall–Kier alpha value is -2.13. The van der Waals surface area contributed by atoms with E-state index in [1.807, 2.05) is 24.3 Å². The Balaban J connectivity index is 1.59. The van der Waals surface area contributed by atoms with Gasteiger partial charge in [-0.3, -0.25) is 9.69 Å². The molecule has 162 valence electrons. The summed E-state index contributed by atoms with van der Waals surface area (Å²) >= 11 is 5.93. The lowest BCUT2D eigenvalue weighted by atomic mass is 10.0. The van der Waals surface area contributed by atoms with Gasteiger partial charge in [0.05, 0.1) is 7.11 Å². The smallest absolute Gasteiger partial charge is 0.251 e. The normalized spacial score (nSPS) is 15.7. The number of hydrogen-bond acceptors (Lipinski definition) is 5. The van der Waals surface area contributed by atoms with Crippen LogP contribution >= 0.6 is 11.6 Å². The fraction of sp³-hybridized carbons (Fsp3) is 0.381. The number of piperidine rings is 1. The van der Waals surface area contributed by atoms with Crippen LogP contribution in [-0.4, -0.2) is 52.5 Å². The molecule has 2 N–H and O–H groups in total. The Kier molecular flexibility index (Phi) is 7.36. The van der Waals surface area contributed by atoms with Gasteiger partial charge in [0.15, 0.2) is 0 Å². The average Bonchev–Trinajstić information content (AvgIpc) is 2.76. The largest absolute Gasteiger partial charge is 0.495 e. The maximum Gasteiger partial charge on any atom is 0.251 e. The molecule has 1 amide bonds. The minimum absolute atomic E-state index is 0.0467. The number of nitrogens with one attached hydrogen (secondary N) is 2. The highest BCUT2D eigenvalue weighted by Crippen LogP contribution is 2.25. The van der Waals surface area contributed by atoms with E-state index in [9.17, 15) is 13.2 Å². The third-order valence-electron chi connectivity index (χ3n) is 5.23. The Morgan fingerprint density at radius 3 is 2.43 bits per heavy atom. The number of hydrogen-bond donors (Lipinski definition) is 2. The minimum Gasteiger partial charge on any atom is -0.495 e. The van der Waals surface area contributed by atoms with Gasteiger partial charge < -0.3 is 10.1 Å². The predicted octanol–water partition coefficient (Wildman–Crippen LogP) is 2.65. The third-order valence-corrected chi connectivity index (χ3v) is 6.91. The van der Waals surface area contributed by atoms with E-state index in [0.29, 0.717) is 0 Å². The van der Waals surface area contributed by atoms with E-state index in [1.54, 1.807) is 6.07 Å². The van der Waals surface area contributed by atoms with Crippen LogP contribution < -0.4 is 14.8 Å². The predicted molar refractivity (Wildman–Crippen MR) is 116 cm³/mol. The molecule has 0 unspecified atom stereocenters. The molecule has 0 radical (unpaired) electrons. The van der Waals surface area contributed by atoms with E-state index < -0.39 is 10.0 Å². The van der Waals surface area contributed by atoms with Gasteiger partial charge in [-0.1, -0.05) is 23.7 Å². The second kappa shape index (κ2) is 9.78. The molecule has 7 nitrogen and oxygen atoms in total. The number of carbonyl (C=O) groups is 1. The Morgan fingerprint density at radius 1 is 1.17 bits per heavy atom. The molecule has 1 aliphatic rings. The number of halogens is 1. The molecule has 0 aliphatic carbocycles. The average molecular weight is 452 g/mol. The van der Waals surface area contributed by atoms with Crippen LogP contribution in [-0.2, 0) is 16.6 Å². The Morgan fingerprint density at radius 2 is 1.83 bits per heavy atom. The lowest BCUT2D eigenvalue weighted by molar-refractivity contribution is 0.0908. The van der Waals surface area contributed by atoms with Crippen LogP contribution in [0.3, 0.4) is 0 Å². The van der Waals surface area contributed by atoms with Crippen LogP contribution in [0.25, 0.3) is 0 Å². The first-order valence-corrected chi connectivity index (χ1v) is 11.6. The van der Waals surface area contributed by atoms with E-state index in [1.165, 1.54) is 31.9 Å². The number of methoxy groups -OCH3 is 1. The zero-order valence-corrected chi connectivity index (χ0v) is 18.6. The van der Waals surface area contributed by atoms with Crippen molar-refractivity contribution in [1.29, 1.82) is 0 Å². The molecule has 9 heteroatoms. The summed E-state index contributed by atoms with van der Waals surface area (Å²) in [5, 5.41) is 3.75. The van der Waals surface area contributed by atoms with Crippen molar-refractivity contribution in [3.05, 3.63) is 58.6 Å². The zero-order valence-electron chi connectivity index (χ0n) is 17.0. The number of nitrogens with zero attached hydrogens (tertiary/aromatic N) is 1. The quantitative estimate of drug-likeness (QED) is 0.675. The van der Waals surface area contributed by atoms with Crippen LogP contribution in [0.4, 0.5) is 0 Å². The first-order valence-electron chi connectivity index (χ1n) is 9.71. The van der Waals surface area contributed by atoms with E-state index in [4.69, 9.17) is 16.3 Å². The lowest BCUT2D eigenvalue weighted by Crippen LogP contribution is -2.44. The van der Waals surface area contributed by atoms with Crippen LogP contribution in [0, 0.1) is 0 Å². The topological polar surface area (TPSA) is 87.7 Å². The minimum atomic E-state index is -3.74. The first-order chi connectivity index (χ1) is 14.3.